The van der Waals surface area contributed by atoms with Gasteiger partial charge in [0.15, 0.2) is 0 Å². The average Bonchev–Trinajstić information content (AvgIpc) is 2.36. The molecule has 1 aliphatic heterocycles. The zero-order valence-corrected chi connectivity index (χ0v) is 10.2. The predicted octanol–water partition coefficient (Wildman–Crippen LogP) is 2.66. The van der Waals surface area contributed by atoms with Gasteiger partial charge in [0.2, 0.25) is 0 Å². The maximum atomic E-state index is 11.5. The number of hydrogen-bond acceptors (Lipinski definition) is 3. The van der Waals surface area contributed by atoms with Gasteiger partial charge in [-0.05, 0) is 6.07 Å². The molecule has 0 saturated carbocycles. The molecule has 0 fully saturated rings. The standard InChI is InChI=1S/C13H10ClNO3/c14-9-3-1-2-7-11(13(16)17)8-6-18-5-4-10(8)15-12(7)9/h1-3H,4-6H2,(H,16,17). The van der Waals surface area contributed by atoms with Gasteiger partial charge < -0.3 is 9.84 Å². The number of hydrogen-bond donors (Lipinski definition) is 1. The molecule has 92 valence electrons. The number of para-hydroxylation sites is 1. The third-order valence-electron chi connectivity index (χ3n) is 3.10. The van der Waals surface area contributed by atoms with Gasteiger partial charge >= 0.3 is 5.97 Å². The van der Waals surface area contributed by atoms with Crippen LogP contribution in [0.15, 0.2) is 18.2 Å². The summed E-state index contributed by atoms with van der Waals surface area (Å²) in [6.07, 6.45) is 0.622. The van der Waals surface area contributed by atoms with Crippen molar-refractivity contribution >= 4 is 28.5 Å². The second kappa shape index (κ2) is 4.23. The van der Waals surface area contributed by atoms with Crippen molar-refractivity contribution in [3.05, 3.63) is 40.0 Å². The maximum absolute atomic E-state index is 11.5. The first kappa shape index (κ1) is 11.4. The highest BCUT2D eigenvalue weighted by molar-refractivity contribution is 6.35. The molecule has 1 aromatic carbocycles. The lowest BCUT2D eigenvalue weighted by molar-refractivity contribution is 0.0683. The summed E-state index contributed by atoms with van der Waals surface area (Å²) in [5, 5.41) is 10.4. The fourth-order valence-corrected chi connectivity index (χ4v) is 2.51. The highest BCUT2D eigenvalue weighted by Crippen LogP contribution is 2.30. The number of aromatic nitrogens is 1. The molecule has 2 heterocycles. The Hall–Kier alpha value is -1.65. The van der Waals surface area contributed by atoms with Crippen molar-refractivity contribution in [3.63, 3.8) is 0 Å². The zero-order valence-electron chi connectivity index (χ0n) is 9.44. The zero-order chi connectivity index (χ0) is 12.7. The number of carbonyl (C=O) groups is 1. The van der Waals surface area contributed by atoms with Crippen LogP contribution in [0.5, 0.6) is 0 Å². The number of pyridine rings is 1. The first-order valence-electron chi connectivity index (χ1n) is 5.59. The number of nitrogens with zero attached hydrogens (tertiary/aromatic N) is 1. The van der Waals surface area contributed by atoms with E-state index in [1.54, 1.807) is 18.2 Å². The van der Waals surface area contributed by atoms with E-state index >= 15 is 0 Å². The SMILES string of the molecule is O=C(O)c1c2c(nc3c(Cl)cccc13)CCOC2. The normalized spacial score (nSPS) is 14.5. The molecular weight excluding hydrogens is 254 g/mol. The minimum Gasteiger partial charge on any atom is -0.478 e. The van der Waals surface area contributed by atoms with Crippen molar-refractivity contribution in [2.24, 2.45) is 0 Å². The predicted molar refractivity (Wildman–Crippen MR) is 67.1 cm³/mol. The Morgan fingerprint density at radius 3 is 3.06 bits per heavy atom. The van der Waals surface area contributed by atoms with Crippen molar-refractivity contribution in [2.75, 3.05) is 6.61 Å². The van der Waals surface area contributed by atoms with Crippen molar-refractivity contribution < 1.29 is 14.6 Å². The first-order valence-corrected chi connectivity index (χ1v) is 5.97. The van der Waals surface area contributed by atoms with Crippen LogP contribution in [-0.4, -0.2) is 22.7 Å². The Morgan fingerprint density at radius 2 is 2.28 bits per heavy atom. The van der Waals surface area contributed by atoms with Crippen LogP contribution in [0.3, 0.4) is 0 Å². The molecule has 0 aliphatic carbocycles. The van der Waals surface area contributed by atoms with E-state index in [1.807, 2.05) is 0 Å². The molecule has 0 spiro atoms. The van der Waals surface area contributed by atoms with E-state index in [-0.39, 0.29) is 5.56 Å². The first-order chi connectivity index (χ1) is 8.68. The van der Waals surface area contributed by atoms with Gasteiger partial charge in [-0.25, -0.2) is 4.79 Å². The molecule has 0 radical (unpaired) electrons. The van der Waals surface area contributed by atoms with Gasteiger partial charge in [-0.1, -0.05) is 23.7 Å². The lowest BCUT2D eigenvalue weighted by Gasteiger charge is -2.19. The van der Waals surface area contributed by atoms with Gasteiger partial charge in [-0.2, -0.15) is 0 Å². The van der Waals surface area contributed by atoms with Crippen molar-refractivity contribution in [2.45, 2.75) is 13.0 Å². The quantitative estimate of drug-likeness (QED) is 0.859. The van der Waals surface area contributed by atoms with E-state index in [1.165, 1.54) is 0 Å². The molecule has 5 heteroatoms. The Balaban J connectivity index is 2.44. The van der Waals surface area contributed by atoms with Crippen molar-refractivity contribution in [3.8, 4) is 0 Å². The number of benzene rings is 1. The van der Waals surface area contributed by atoms with Crippen LogP contribution in [0.2, 0.25) is 5.02 Å². The van der Waals surface area contributed by atoms with Crippen molar-refractivity contribution in [1.82, 2.24) is 4.98 Å². The third kappa shape index (κ3) is 1.65. The molecule has 0 atom stereocenters. The number of carboxylic acids is 1. The fourth-order valence-electron chi connectivity index (χ4n) is 2.29. The van der Waals surface area contributed by atoms with Gasteiger partial charge in [0.25, 0.3) is 0 Å². The number of aromatic carboxylic acids is 1. The molecule has 0 saturated heterocycles. The lowest BCUT2D eigenvalue weighted by Crippen LogP contribution is -2.17. The summed E-state index contributed by atoms with van der Waals surface area (Å²) in [7, 11) is 0. The smallest absolute Gasteiger partial charge is 0.336 e. The van der Waals surface area contributed by atoms with Crippen LogP contribution in [0.1, 0.15) is 21.6 Å². The van der Waals surface area contributed by atoms with E-state index in [2.05, 4.69) is 4.98 Å². The Morgan fingerprint density at radius 1 is 1.44 bits per heavy atom. The molecule has 4 nitrogen and oxygen atoms in total. The summed E-state index contributed by atoms with van der Waals surface area (Å²) in [4.78, 5) is 16.0. The van der Waals surface area contributed by atoms with Crippen LogP contribution < -0.4 is 0 Å². The molecule has 0 unspecified atom stereocenters. The molecule has 0 amide bonds. The van der Waals surface area contributed by atoms with Crippen LogP contribution in [0.25, 0.3) is 10.9 Å². The van der Waals surface area contributed by atoms with Gasteiger partial charge in [-0.3, -0.25) is 4.98 Å². The molecular formula is C13H10ClNO3. The molecule has 18 heavy (non-hydrogen) atoms. The average molecular weight is 264 g/mol. The minimum absolute atomic E-state index is 0.261. The number of halogens is 1. The van der Waals surface area contributed by atoms with Gasteiger partial charge in [-0.15, -0.1) is 0 Å². The molecule has 0 bridgehead atoms. The van der Waals surface area contributed by atoms with Gasteiger partial charge in [0, 0.05) is 23.1 Å². The second-order valence-corrected chi connectivity index (χ2v) is 4.56. The summed E-state index contributed by atoms with van der Waals surface area (Å²) in [5.41, 5.74) is 2.26. The number of carboxylic acid groups (broad SMARTS) is 1. The Labute approximate surface area is 108 Å². The lowest BCUT2D eigenvalue weighted by atomic mass is 9.98. The van der Waals surface area contributed by atoms with Gasteiger partial charge in [0.1, 0.15) is 0 Å². The highest BCUT2D eigenvalue weighted by atomic mass is 35.5. The largest absolute Gasteiger partial charge is 0.478 e. The molecule has 1 aliphatic rings. The number of fused-ring (bicyclic) bond motifs is 2. The van der Waals surface area contributed by atoms with E-state index in [4.69, 9.17) is 16.3 Å². The molecule has 1 N–H and O–H groups in total. The van der Waals surface area contributed by atoms with Crippen LogP contribution in [0.4, 0.5) is 0 Å². The Bertz CT molecular complexity index is 654. The number of rotatable bonds is 1. The highest BCUT2D eigenvalue weighted by Gasteiger charge is 2.23. The molecule has 1 aromatic heterocycles. The summed E-state index contributed by atoms with van der Waals surface area (Å²) in [6, 6.07) is 5.18. The van der Waals surface area contributed by atoms with E-state index in [9.17, 15) is 9.90 Å². The van der Waals surface area contributed by atoms with Crippen LogP contribution >= 0.6 is 11.6 Å². The fraction of sp³-hybridized carbons (Fsp3) is 0.231. The Kier molecular flexibility index (Phi) is 2.69. The monoisotopic (exact) mass is 263 g/mol. The summed E-state index contributed by atoms with van der Waals surface area (Å²) < 4.78 is 5.33. The van der Waals surface area contributed by atoms with Crippen LogP contribution in [-0.2, 0) is 17.8 Å². The van der Waals surface area contributed by atoms with E-state index in [0.717, 1.165) is 5.69 Å². The van der Waals surface area contributed by atoms with Gasteiger partial charge in [0.05, 0.1) is 29.3 Å². The summed E-state index contributed by atoms with van der Waals surface area (Å²) in [5.74, 6) is -0.966. The van der Waals surface area contributed by atoms with E-state index in [0.29, 0.717) is 41.1 Å². The second-order valence-electron chi connectivity index (χ2n) is 4.16. The van der Waals surface area contributed by atoms with Crippen molar-refractivity contribution in [1.29, 1.82) is 0 Å². The molecule has 3 rings (SSSR count). The maximum Gasteiger partial charge on any atom is 0.336 e. The summed E-state index contributed by atoms with van der Waals surface area (Å²) >= 11 is 6.09. The third-order valence-corrected chi connectivity index (χ3v) is 3.40. The summed E-state index contributed by atoms with van der Waals surface area (Å²) in [6.45, 7) is 0.863. The number of ether oxygens (including phenoxy) is 1. The van der Waals surface area contributed by atoms with Crippen LogP contribution in [0, 0.1) is 0 Å². The minimum atomic E-state index is -0.966. The molecule has 2 aromatic rings. The topological polar surface area (TPSA) is 59.4 Å². The van der Waals surface area contributed by atoms with E-state index < -0.39 is 5.97 Å².